The van der Waals surface area contributed by atoms with Crippen LogP contribution in [0, 0.1) is 5.82 Å². The number of aromatic nitrogens is 2. The Kier molecular flexibility index (Phi) is 5.36. The largest absolute Gasteiger partial charge is 0.493 e. The minimum atomic E-state index is -0.452. The summed E-state index contributed by atoms with van der Waals surface area (Å²) in [4.78, 5) is 4.67. The van der Waals surface area contributed by atoms with E-state index in [1.54, 1.807) is 6.07 Å². The maximum Gasteiger partial charge on any atom is 0.145 e. The summed E-state index contributed by atoms with van der Waals surface area (Å²) in [5.74, 6) is 1.17. The molecule has 3 rings (SSSR count). The molecule has 3 aromatic rings. The van der Waals surface area contributed by atoms with Crippen molar-refractivity contribution in [1.29, 1.82) is 0 Å². The molecule has 0 N–H and O–H groups in total. The number of benzene rings is 2. The van der Waals surface area contributed by atoms with Crippen LogP contribution >= 0.6 is 11.6 Å². The molecule has 1 heterocycles. The molecule has 126 valence electrons. The number of halogens is 2. The Morgan fingerprint density at radius 1 is 1.17 bits per heavy atom. The summed E-state index contributed by atoms with van der Waals surface area (Å²) in [6.07, 6.45) is 2.78. The molecule has 0 aliphatic rings. The Morgan fingerprint density at radius 2 is 2.00 bits per heavy atom. The van der Waals surface area contributed by atoms with Gasteiger partial charge in [-0.15, -0.1) is 0 Å². The van der Waals surface area contributed by atoms with Gasteiger partial charge in [0.25, 0.3) is 0 Å². The minimum Gasteiger partial charge on any atom is -0.493 e. The third-order valence-electron chi connectivity index (χ3n) is 3.99. The average Bonchev–Trinajstić information content (AvgIpc) is 2.95. The number of ether oxygens (including phenoxy) is 1. The highest BCUT2D eigenvalue weighted by molar-refractivity contribution is 6.30. The molecule has 3 nitrogen and oxygen atoms in total. The zero-order chi connectivity index (χ0) is 16.9. The first kappa shape index (κ1) is 16.8. The minimum absolute atomic E-state index is 0.112. The van der Waals surface area contributed by atoms with E-state index in [0.717, 1.165) is 37.1 Å². The van der Waals surface area contributed by atoms with E-state index in [1.165, 1.54) is 17.6 Å². The van der Waals surface area contributed by atoms with Crippen LogP contribution in [0.25, 0.3) is 11.0 Å². The number of para-hydroxylation sites is 2. The van der Waals surface area contributed by atoms with E-state index in [2.05, 4.69) is 22.5 Å². The Hall–Kier alpha value is -2.07. The maximum atomic E-state index is 13.3. The number of imidazole rings is 1. The smallest absolute Gasteiger partial charge is 0.145 e. The van der Waals surface area contributed by atoms with E-state index in [0.29, 0.717) is 12.4 Å². The molecule has 0 saturated carbocycles. The number of aryl methyl sites for hydroxylation is 2. The van der Waals surface area contributed by atoms with Crippen LogP contribution < -0.4 is 4.74 Å². The van der Waals surface area contributed by atoms with Gasteiger partial charge in [0, 0.05) is 19.0 Å². The van der Waals surface area contributed by atoms with Gasteiger partial charge >= 0.3 is 0 Å². The summed E-state index contributed by atoms with van der Waals surface area (Å²) < 4.78 is 21.2. The van der Waals surface area contributed by atoms with Gasteiger partial charge in [-0.25, -0.2) is 9.37 Å². The zero-order valence-electron chi connectivity index (χ0n) is 13.6. The highest BCUT2D eigenvalue weighted by Gasteiger charge is 2.08. The normalized spacial score (nSPS) is 11.1. The van der Waals surface area contributed by atoms with Crippen molar-refractivity contribution in [1.82, 2.24) is 9.55 Å². The zero-order valence-corrected chi connectivity index (χ0v) is 14.4. The fourth-order valence-electron chi connectivity index (χ4n) is 2.77. The number of unbranched alkanes of at least 4 members (excludes halogenated alkanes) is 1. The van der Waals surface area contributed by atoms with E-state index >= 15 is 0 Å². The van der Waals surface area contributed by atoms with E-state index < -0.39 is 5.82 Å². The molecule has 0 fully saturated rings. The van der Waals surface area contributed by atoms with Crippen molar-refractivity contribution in [2.45, 2.75) is 32.7 Å². The van der Waals surface area contributed by atoms with Gasteiger partial charge in [-0.1, -0.05) is 30.7 Å². The molecule has 1 aromatic heterocycles. The highest BCUT2D eigenvalue weighted by Crippen LogP contribution is 2.21. The number of hydrogen-bond donors (Lipinski definition) is 0. The van der Waals surface area contributed by atoms with Crippen molar-refractivity contribution in [3.63, 3.8) is 0 Å². The third-order valence-corrected chi connectivity index (χ3v) is 4.29. The molecular weight excluding hydrogens is 327 g/mol. The quantitative estimate of drug-likeness (QED) is 0.546. The number of rotatable bonds is 7. The van der Waals surface area contributed by atoms with Crippen LogP contribution in [0.1, 0.15) is 25.6 Å². The van der Waals surface area contributed by atoms with E-state index in [4.69, 9.17) is 16.3 Å². The Morgan fingerprint density at radius 3 is 2.79 bits per heavy atom. The molecule has 0 atom stereocenters. The van der Waals surface area contributed by atoms with Crippen LogP contribution in [-0.2, 0) is 13.0 Å². The van der Waals surface area contributed by atoms with Crippen molar-refractivity contribution in [2.24, 2.45) is 0 Å². The lowest BCUT2D eigenvalue weighted by Crippen LogP contribution is -2.05. The molecule has 0 saturated heterocycles. The van der Waals surface area contributed by atoms with Gasteiger partial charge < -0.3 is 9.30 Å². The second-order valence-electron chi connectivity index (χ2n) is 5.65. The molecule has 0 amide bonds. The summed E-state index contributed by atoms with van der Waals surface area (Å²) in [5, 5.41) is 0.112. The van der Waals surface area contributed by atoms with Gasteiger partial charge in [0.05, 0.1) is 22.7 Å². The molecule has 2 aromatic carbocycles. The predicted molar refractivity (Wildman–Crippen MR) is 95.3 cm³/mol. The summed E-state index contributed by atoms with van der Waals surface area (Å²) in [6.45, 7) is 3.58. The fraction of sp³-hybridized carbons (Fsp3) is 0.316. The highest BCUT2D eigenvalue weighted by atomic mass is 35.5. The maximum absolute atomic E-state index is 13.3. The molecule has 24 heavy (non-hydrogen) atoms. The van der Waals surface area contributed by atoms with Gasteiger partial charge in [0.2, 0.25) is 0 Å². The summed E-state index contributed by atoms with van der Waals surface area (Å²) in [5.41, 5.74) is 2.22. The van der Waals surface area contributed by atoms with E-state index in [1.807, 2.05) is 18.2 Å². The Labute approximate surface area is 146 Å². The van der Waals surface area contributed by atoms with Gasteiger partial charge in [-0.2, -0.15) is 0 Å². The number of fused-ring (bicyclic) bond motifs is 1. The molecule has 0 spiro atoms. The van der Waals surface area contributed by atoms with Crippen LogP contribution in [0.15, 0.2) is 42.5 Å². The van der Waals surface area contributed by atoms with Crippen LogP contribution in [-0.4, -0.2) is 16.2 Å². The van der Waals surface area contributed by atoms with Crippen molar-refractivity contribution in [3.05, 3.63) is 59.1 Å². The van der Waals surface area contributed by atoms with Crippen LogP contribution in [0.3, 0.4) is 0 Å². The topological polar surface area (TPSA) is 27.1 Å². The van der Waals surface area contributed by atoms with E-state index in [9.17, 15) is 4.39 Å². The Balaban J connectivity index is 1.54. The molecular formula is C19H20ClFN2O. The van der Waals surface area contributed by atoms with Crippen molar-refractivity contribution in [3.8, 4) is 5.75 Å². The molecule has 0 unspecified atom stereocenters. The predicted octanol–water partition coefficient (Wildman–Crippen LogP) is 5.25. The fourth-order valence-corrected chi connectivity index (χ4v) is 2.89. The lowest BCUT2D eigenvalue weighted by molar-refractivity contribution is 0.302. The first-order valence-corrected chi connectivity index (χ1v) is 8.59. The van der Waals surface area contributed by atoms with Crippen LogP contribution in [0.5, 0.6) is 5.75 Å². The Bertz CT molecular complexity index is 831. The first-order chi connectivity index (χ1) is 11.7. The number of hydrogen-bond acceptors (Lipinski definition) is 2. The lowest BCUT2D eigenvalue weighted by Gasteiger charge is -2.09. The third kappa shape index (κ3) is 3.70. The standard InChI is InChI=1S/C19H20ClFN2O/c1-2-19-22-17-7-3-4-8-18(17)23(19)11-5-6-12-24-14-9-10-15(20)16(21)13-14/h3-4,7-10,13H,2,5-6,11-12H2,1H3. The second-order valence-corrected chi connectivity index (χ2v) is 6.06. The molecule has 0 aliphatic heterocycles. The van der Waals surface area contributed by atoms with Crippen molar-refractivity contribution < 1.29 is 9.13 Å². The lowest BCUT2D eigenvalue weighted by atomic mass is 10.3. The van der Waals surface area contributed by atoms with Gasteiger partial charge in [0.15, 0.2) is 0 Å². The summed E-state index contributed by atoms with van der Waals surface area (Å²) >= 11 is 5.66. The molecule has 0 bridgehead atoms. The molecule has 0 radical (unpaired) electrons. The second kappa shape index (κ2) is 7.67. The van der Waals surface area contributed by atoms with Gasteiger partial charge in [-0.05, 0) is 37.1 Å². The van der Waals surface area contributed by atoms with E-state index in [-0.39, 0.29) is 5.02 Å². The van der Waals surface area contributed by atoms with Crippen LogP contribution in [0.2, 0.25) is 5.02 Å². The van der Waals surface area contributed by atoms with Crippen LogP contribution in [0.4, 0.5) is 4.39 Å². The number of nitrogens with zero attached hydrogens (tertiary/aromatic N) is 2. The SMILES string of the molecule is CCc1nc2ccccc2n1CCCCOc1ccc(Cl)c(F)c1. The summed E-state index contributed by atoms with van der Waals surface area (Å²) in [7, 11) is 0. The van der Waals surface area contributed by atoms with Crippen molar-refractivity contribution in [2.75, 3.05) is 6.61 Å². The van der Waals surface area contributed by atoms with Gasteiger partial charge in [0.1, 0.15) is 17.4 Å². The molecule has 0 aliphatic carbocycles. The summed E-state index contributed by atoms with van der Waals surface area (Å²) in [6, 6.07) is 12.7. The van der Waals surface area contributed by atoms with Gasteiger partial charge in [-0.3, -0.25) is 0 Å². The molecule has 5 heteroatoms. The monoisotopic (exact) mass is 346 g/mol. The first-order valence-electron chi connectivity index (χ1n) is 8.21. The average molecular weight is 347 g/mol. The van der Waals surface area contributed by atoms with Crippen molar-refractivity contribution >= 4 is 22.6 Å².